The Kier molecular flexibility index (Phi) is 9.86. The lowest BCUT2D eigenvalue weighted by atomic mass is 9.80. The van der Waals surface area contributed by atoms with E-state index >= 15 is 0 Å². The highest BCUT2D eigenvalue weighted by Gasteiger charge is 2.37. The van der Waals surface area contributed by atoms with E-state index in [-0.39, 0.29) is 33.3 Å². The molecular weight excluding hydrogens is 858 g/mol. The van der Waals surface area contributed by atoms with E-state index in [0.29, 0.717) is 22.6 Å². The molecule has 12 heteroatoms. The number of para-hydroxylation sites is 3. The number of pyridine rings is 1. The predicted octanol–water partition coefficient (Wildman–Crippen LogP) is 13.4. The Balaban J connectivity index is 0.000000800. The van der Waals surface area contributed by atoms with Crippen molar-refractivity contribution in [3.8, 4) is 39.8 Å². The summed E-state index contributed by atoms with van der Waals surface area (Å²) in [5, 5.41) is 1.75. The van der Waals surface area contributed by atoms with Gasteiger partial charge in [-0.3, -0.25) is 4.57 Å². The SMILES string of the molecule is O=S(=O)([O-])C(F)(F)F.[2H]C([2H])([2H])c1cnc(-n2c3ccccc3c3ccc(Oc4ccc(C)c(-n5c[n+](-c6cc(C(C)(C)C)cc(C(C)(C)C)c6)c6ccccc65)c4)cc32)c(C([2H])([2H])[2H])c1-c1ccccc1. The number of aryl methyl sites for hydroxylation is 2. The average molecular weight is 915 g/mol. The fraction of sp³-hybridized carbons (Fsp3) is 0.222. The molecule has 8 nitrogen and oxygen atoms in total. The van der Waals surface area contributed by atoms with Crippen LogP contribution in [0.2, 0.25) is 0 Å². The first-order valence-corrected chi connectivity index (χ1v) is 22.5. The summed E-state index contributed by atoms with van der Waals surface area (Å²) in [5.74, 6) is 1.28. The lowest BCUT2D eigenvalue weighted by molar-refractivity contribution is -0.567. The molecule has 0 aliphatic carbocycles. The van der Waals surface area contributed by atoms with Gasteiger partial charge in [0.25, 0.3) is 6.33 Å². The molecule has 0 spiro atoms. The van der Waals surface area contributed by atoms with E-state index in [1.165, 1.54) is 17.3 Å². The summed E-state index contributed by atoms with van der Waals surface area (Å²) in [4.78, 5) is 4.69. The largest absolute Gasteiger partial charge is 0.741 e. The van der Waals surface area contributed by atoms with Crippen LogP contribution in [-0.4, -0.2) is 32.6 Å². The first kappa shape index (κ1) is 38.5. The molecule has 0 unspecified atom stereocenters. The molecule has 0 aliphatic rings. The molecule has 0 atom stereocenters. The highest BCUT2D eigenvalue weighted by molar-refractivity contribution is 7.86. The van der Waals surface area contributed by atoms with Gasteiger partial charge in [-0.25, -0.2) is 13.4 Å². The molecule has 0 N–H and O–H groups in total. The Morgan fingerprint density at radius 3 is 1.91 bits per heavy atom. The molecule has 3 aromatic heterocycles. The Labute approximate surface area is 391 Å². The Morgan fingerprint density at radius 2 is 1.27 bits per heavy atom. The van der Waals surface area contributed by atoms with Crippen molar-refractivity contribution in [1.82, 2.24) is 14.1 Å². The number of benzene rings is 6. The molecule has 66 heavy (non-hydrogen) atoms. The molecule has 3 heterocycles. The zero-order chi connectivity index (χ0) is 52.5. The van der Waals surface area contributed by atoms with Crippen molar-refractivity contribution in [3.63, 3.8) is 0 Å². The minimum absolute atomic E-state index is 0.0434. The van der Waals surface area contributed by atoms with Gasteiger partial charge in [-0.15, -0.1) is 0 Å². The maximum Gasteiger partial charge on any atom is 0.485 e. The molecule has 0 saturated heterocycles. The van der Waals surface area contributed by atoms with Crippen LogP contribution in [-0.2, 0) is 20.9 Å². The smallest absolute Gasteiger partial charge is 0.485 e. The van der Waals surface area contributed by atoms with Gasteiger partial charge in [0.2, 0.25) is 0 Å². The molecule has 0 bridgehead atoms. The van der Waals surface area contributed by atoms with Gasteiger partial charge in [-0.05, 0) is 113 Å². The number of hydrogen-bond donors (Lipinski definition) is 0. The molecular formula is C54H51F3N4O4S. The van der Waals surface area contributed by atoms with Crippen LogP contribution in [0.3, 0.4) is 0 Å². The summed E-state index contributed by atoms with van der Waals surface area (Å²) in [6.07, 6.45) is 3.46. The topological polar surface area (TPSA) is 93.1 Å². The van der Waals surface area contributed by atoms with Gasteiger partial charge in [0.05, 0.1) is 11.0 Å². The summed E-state index contributed by atoms with van der Waals surface area (Å²) >= 11 is 0. The minimum atomic E-state index is -6.09. The van der Waals surface area contributed by atoms with Gasteiger partial charge in [-0.1, -0.05) is 114 Å². The fourth-order valence-corrected chi connectivity index (χ4v) is 7.99. The zero-order valence-corrected chi connectivity index (χ0v) is 38.1. The van der Waals surface area contributed by atoms with Crippen molar-refractivity contribution in [2.24, 2.45) is 0 Å². The van der Waals surface area contributed by atoms with E-state index in [2.05, 4.69) is 117 Å². The standard InChI is InChI=1S/C53H51N4O.CHF3O3S/c1-34-23-24-41(30-48(34)56-33-55(46-21-15-16-22-47(46)56)40-28-38(52(4,5)6)27-39(29-40)53(7,8)9)58-42-25-26-44-43-19-13-14-20-45(43)57(49(44)31-42)51-36(3)50(35(2)32-54-51)37-17-11-10-12-18-37;2-1(3,4)8(5,6)7/h10-33H,1-9H3;(H,5,6,7)/q+1;/p-1/i2D3,3D3;. The molecule has 9 rings (SSSR count). The van der Waals surface area contributed by atoms with Crippen LogP contribution in [0.25, 0.3) is 61.2 Å². The van der Waals surface area contributed by atoms with E-state index in [1.54, 1.807) is 24.3 Å². The molecule has 6 aromatic carbocycles. The van der Waals surface area contributed by atoms with Crippen LogP contribution in [0.5, 0.6) is 11.5 Å². The average Bonchev–Trinajstić information content (AvgIpc) is 3.84. The third-order valence-corrected chi connectivity index (χ3v) is 12.1. The fourth-order valence-electron chi connectivity index (χ4n) is 7.99. The van der Waals surface area contributed by atoms with Gasteiger partial charge in [-0.2, -0.15) is 22.3 Å². The highest BCUT2D eigenvalue weighted by atomic mass is 32.2. The van der Waals surface area contributed by atoms with Gasteiger partial charge in [0.15, 0.2) is 21.2 Å². The number of hydrogen-bond acceptors (Lipinski definition) is 5. The molecule has 9 aromatic rings. The van der Waals surface area contributed by atoms with E-state index in [0.717, 1.165) is 44.3 Å². The maximum atomic E-state index is 10.7. The van der Waals surface area contributed by atoms with Gasteiger partial charge in [0, 0.05) is 42.9 Å². The van der Waals surface area contributed by atoms with Crippen molar-refractivity contribution in [1.29, 1.82) is 0 Å². The normalized spacial score (nSPS) is 14.2. The molecule has 0 fully saturated rings. The third kappa shape index (κ3) is 8.82. The lowest BCUT2D eigenvalue weighted by Gasteiger charge is -2.25. The maximum absolute atomic E-state index is 10.7. The molecule has 0 amide bonds. The van der Waals surface area contributed by atoms with Crippen LogP contribution >= 0.6 is 0 Å². The highest BCUT2D eigenvalue weighted by Crippen LogP contribution is 2.39. The number of ether oxygens (including phenoxy) is 1. The van der Waals surface area contributed by atoms with Crippen LogP contribution in [0.15, 0.2) is 146 Å². The Morgan fingerprint density at radius 1 is 0.682 bits per heavy atom. The van der Waals surface area contributed by atoms with Crippen molar-refractivity contribution >= 4 is 43.0 Å². The first-order chi connectivity index (χ1) is 33.4. The van der Waals surface area contributed by atoms with E-state index in [1.807, 2.05) is 65.2 Å². The monoisotopic (exact) mass is 914 g/mol. The summed E-state index contributed by atoms with van der Waals surface area (Å²) in [6.45, 7) is 10.3. The number of imidazole rings is 1. The van der Waals surface area contributed by atoms with Gasteiger partial charge >= 0.3 is 5.51 Å². The second-order valence-corrected chi connectivity index (χ2v) is 19.6. The van der Waals surface area contributed by atoms with E-state index < -0.39 is 29.3 Å². The van der Waals surface area contributed by atoms with E-state index in [4.69, 9.17) is 25.9 Å². The third-order valence-electron chi connectivity index (χ3n) is 11.5. The lowest BCUT2D eigenvalue weighted by Crippen LogP contribution is -2.31. The number of fused-ring (bicyclic) bond motifs is 4. The molecule has 0 aliphatic heterocycles. The van der Waals surface area contributed by atoms with Crippen LogP contribution in [0, 0.1) is 20.6 Å². The summed E-state index contributed by atoms with van der Waals surface area (Å²) < 4.78 is 124. The quantitative estimate of drug-likeness (QED) is 0.0941. The molecule has 338 valence electrons. The Bertz CT molecular complexity index is 3620. The van der Waals surface area contributed by atoms with Crippen molar-refractivity contribution < 1.29 is 43.7 Å². The predicted molar refractivity (Wildman–Crippen MR) is 256 cm³/mol. The van der Waals surface area contributed by atoms with E-state index in [9.17, 15) is 13.2 Å². The van der Waals surface area contributed by atoms with Gasteiger partial charge < -0.3 is 9.29 Å². The van der Waals surface area contributed by atoms with Crippen molar-refractivity contribution in [2.75, 3.05) is 0 Å². The second-order valence-electron chi connectivity index (χ2n) is 18.2. The molecule has 0 radical (unpaired) electrons. The number of rotatable bonds is 6. The van der Waals surface area contributed by atoms with Crippen molar-refractivity contribution in [3.05, 3.63) is 174 Å². The van der Waals surface area contributed by atoms with Crippen LogP contribution in [0.1, 0.15) is 77.6 Å². The molecule has 0 saturated carbocycles. The summed E-state index contributed by atoms with van der Waals surface area (Å²) in [6, 6.07) is 43.8. The van der Waals surface area contributed by atoms with Crippen LogP contribution < -0.4 is 9.30 Å². The first-order valence-electron chi connectivity index (χ1n) is 24.1. The second kappa shape index (κ2) is 16.9. The van der Waals surface area contributed by atoms with Crippen LogP contribution in [0.4, 0.5) is 13.2 Å². The number of nitrogens with zero attached hydrogens (tertiary/aromatic N) is 4. The number of aromatic nitrogens is 4. The summed E-state index contributed by atoms with van der Waals surface area (Å²) in [7, 11) is -6.09. The number of alkyl halides is 3. The Hall–Kier alpha value is -6.76. The zero-order valence-electron chi connectivity index (χ0n) is 43.3. The van der Waals surface area contributed by atoms with Crippen molar-refractivity contribution in [2.45, 2.75) is 78.5 Å². The minimum Gasteiger partial charge on any atom is -0.741 e. The summed E-state index contributed by atoms with van der Waals surface area (Å²) in [5.41, 5.74) is 3.79. The number of halogens is 3. The van der Waals surface area contributed by atoms with Gasteiger partial charge in [0.1, 0.15) is 28.7 Å².